The molecule has 7 heteroatoms. The van der Waals surface area contributed by atoms with E-state index in [4.69, 9.17) is 11.6 Å². The van der Waals surface area contributed by atoms with Gasteiger partial charge in [-0.05, 0) is 51.3 Å². The monoisotopic (exact) mass is 392 g/mol. The van der Waals surface area contributed by atoms with Gasteiger partial charge in [0.25, 0.3) is 5.56 Å². The Hall–Kier alpha value is -1.92. The van der Waals surface area contributed by atoms with Gasteiger partial charge in [-0.2, -0.15) is 5.10 Å². The summed E-state index contributed by atoms with van der Waals surface area (Å²) in [6.07, 6.45) is 3.53. The summed E-state index contributed by atoms with van der Waals surface area (Å²) in [5.74, 6) is -0.208. The van der Waals surface area contributed by atoms with Gasteiger partial charge in [0, 0.05) is 25.7 Å². The van der Waals surface area contributed by atoms with Crippen LogP contribution in [0.15, 0.2) is 35.3 Å². The zero-order valence-corrected chi connectivity index (χ0v) is 16.8. The number of hydrogen-bond acceptors (Lipinski definition) is 4. The Morgan fingerprint density at radius 2 is 1.85 bits per heavy atom. The van der Waals surface area contributed by atoms with Crippen molar-refractivity contribution in [3.8, 4) is 0 Å². The fourth-order valence-corrected chi connectivity index (χ4v) is 3.50. The Bertz CT molecular complexity index is 837. The number of hydrogen-bond donors (Lipinski definition) is 1. The minimum absolute atomic E-state index is 0.189. The maximum Gasteiger partial charge on any atom is 0.288 e. The summed E-state index contributed by atoms with van der Waals surface area (Å²) in [7, 11) is 0. The number of benzene rings is 1. The van der Waals surface area contributed by atoms with E-state index in [1.54, 1.807) is 6.20 Å². The molecule has 2 heterocycles. The lowest BCUT2D eigenvalue weighted by Gasteiger charge is -2.33. The van der Waals surface area contributed by atoms with E-state index < -0.39 is 5.54 Å². The van der Waals surface area contributed by atoms with E-state index in [2.05, 4.69) is 15.3 Å². The number of piperidine rings is 1. The molecule has 0 unspecified atom stereocenters. The van der Waals surface area contributed by atoms with Crippen molar-refractivity contribution < 1.29 is 4.39 Å². The molecule has 1 aliphatic rings. The predicted molar refractivity (Wildman–Crippen MR) is 107 cm³/mol. The van der Waals surface area contributed by atoms with E-state index >= 15 is 0 Å². The standard InChI is InChI=1S/C20H26ClFN4O/c1-20(2,3)26-19(27)18(21)17(12-23-26)24-16-8-10-25(11-9-16)13-14-4-6-15(22)7-5-14/h4-7,12,16,24H,8-11,13H2,1-3H3. The van der Waals surface area contributed by atoms with E-state index in [0.717, 1.165) is 38.0 Å². The molecule has 27 heavy (non-hydrogen) atoms. The van der Waals surface area contributed by atoms with Crippen molar-refractivity contribution in [2.45, 2.75) is 51.7 Å². The molecule has 1 aliphatic heterocycles. The number of nitrogens with one attached hydrogen (secondary N) is 1. The maximum atomic E-state index is 13.0. The van der Waals surface area contributed by atoms with E-state index in [9.17, 15) is 9.18 Å². The summed E-state index contributed by atoms with van der Waals surface area (Å²) in [6, 6.07) is 6.90. The third kappa shape index (κ3) is 4.87. The van der Waals surface area contributed by atoms with E-state index in [0.29, 0.717) is 5.69 Å². The van der Waals surface area contributed by atoms with Crippen molar-refractivity contribution >= 4 is 17.3 Å². The van der Waals surface area contributed by atoms with Gasteiger partial charge in [0.1, 0.15) is 10.8 Å². The molecule has 1 saturated heterocycles. The summed E-state index contributed by atoms with van der Waals surface area (Å²) >= 11 is 6.30. The van der Waals surface area contributed by atoms with Crippen LogP contribution < -0.4 is 10.9 Å². The van der Waals surface area contributed by atoms with E-state index in [1.165, 1.54) is 16.8 Å². The van der Waals surface area contributed by atoms with Crippen LogP contribution in [0.3, 0.4) is 0 Å². The zero-order chi connectivity index (χ0) is 19.6. The van der Waals surface area contributed by atoms with Crippen molar-refractivity contribution in [3.63, 3.8) is 0 Å². The highest BCUT2D eigenvalue weighted by molar-refractivity contribution is 6.32. The van der Waals surface area contributed by atoms with Crippen LogP contribution in [0.25, 0.3) is 0 Å². The average Bonchev–Trinajstić information content (AvgIpc) is 2.61. The largest absolute Gasteiger partial charge is 0.380 e. The molecule has 146 valence electrons. The normalized spacial score (nSPS) is 16.5. The molecule has 3 rings (SSSR count). The van der Waals surface area contributed by atoms with Crippen LogP contribution in [0.5, 0.6) is 0 Å². The first kappa shape index (κ1) is 19.8. The topological polar surface area (TPSA) is 50.2 Å². The quantitative estimate of drug-likeness (QED) is 0.858. The van der Waals surface area contributed by atoms with E-state index in [-0.39, 0.29) is 22.4 Å². The van der Waals surface area contributed by atoms with Crippen LogP contribution in [-0.4, -0.2) is 33.8 Å². The Balaban J connectivity index is 1.58. The first-order valence-electron chi connectivity index (χ1n) is 9.25. The molecular weight excluding hydrogens is 367 g/mol. The van der Waals surface area contributed by atoms with Gasteiger partial charge in [0.2, 0.25) is 0 Å². The van der Waals surface area contributed by atoms with Crippen LogP contribution in [0.4, 0.5) is 10.1 Å². The zero-order valence-electron chi connectivity index (χ0n) is 16.0. The molecule has 5 nitrogen and oxygen atoms in total. The third-order valence-electron chi connectivity index (χ3n) is 4.82. The van der Waals surface area contributed by atoms with Crippen molar-refractivity contribution in [1.29, 1.82) is 0 Å². The van der Waals surface area contributed by atoms with Crippen LogP contribution in [0.1, 0.15) is 39.2 Å². The maximum absolute atomic E-state index is 13.0. The second kappa shape index (κ2) is 7.98. The molecule has 1 aromatic carbocycles. The van der Waals surface area contributed by atoms with Gasteiger partial charge in [0.05, 0.1) is 17.4 Å². The van der Waals surface area contributed by atoms with Gasteiger partial charge in [0.15, 0.2) is 0 Å². The molecule has 0 aliphatic carbocycles. The summed E-state index contributed by atoms with van der Waals surface area (Å²) in [5.41, 5.74) is 1.02. The Labute approximate surface area is 164 Å². The number of nitrogens with zero attached hydrogens (tertiary/aromatic N) is 3. The van der Waals surface area contributed by atoms with Crippen LogP contribution in [-0.2, 0) is 12.1 Å². The molecule has 1 fully saturated rings. The van der Waals surface area contributed by atoms with Crippen molar-refractivity contribution in [3.05, 3.63) is 57.2 Å². The van der Waals surface area contributed by atoms with Crippen LogP contribution in [0, 0.1) is 5.82 Å². The molecule has 2 aromatic rings. The minimum Gasteiger partial charge on any atom is -0.380 e. The molecule has 0 radical (unpaired) electrons. The van der Waals surface area contributed by atoms with Crippen molar-refractivity contribution in [1.82, 2.24) is 14.7 Å². The Kier molecular flexibility index (Phi) is 5.86. The van der Waals surface area contributed by atoms with Crippen molar-refractivity contribution in [2.24, 2.45) is 0 Å². The SMILES string of the molecule is CC(C)(C)n1ncc(NC2CCN(Cc3ccc(F)cc3)CC2)c(Cl)c1=O. The molecule has 0 spiro atoms. The number of likely N-dealkylation sites (tertiary alicyclic amines) is 1. The highest BCUT2D eigenvalue weighted by atomic mass is 35.5. The Morgan fingerprint density at radius 3 is 2.44 bits per heavy atom. The van der Waals surface area contributed by atoms with Crippen LogP contribution in [0.2, 0.25) is 5.02 Å². The number of anilines is 1. The molecule has 1 aromatic heterocycles. The minimum atomic E-state index is -0.412. The van der Waals surface area contributed by atoms with Gasteiger partial charge in [-0.1, -0.05) is 23.7 Å². The number of rotatable bonds is 4. The molecule has 1 N–H and O–H groups in total. The lowest BCUT2D eigenvalue weighted by atomic mass is 10.0. The molecule has 0 saturated carbocycles. The molecule has 0 bridgehead atoms. The highest BCUT2D eigenvalue weighted by Gasteiger charge is 2.23. The summed E-state index contributed by atoms with van der Waals surface area (Å²) in [4.78, 5) is 14.8. The Morgan fingerprint density at radius 1 is 1.22 bits per heavy atom. The molecular formula is C20H26ClFN4O. The third-order valence-corrected chi connectivity index (χ3v) is 5.19. The van der Waals surface area contributed by atoms with E-state index in [1.807, 2.05) is 32.9 Å². The lowest BCUT2D eigenvalue weighted by molar-refractivity contribution is 0.211. The second-order valence-corrected chi connectivity index (χ2v) is 8.46. The molecule has 0 amide bonds. The lowest BCUT2D eigenvalue weighted by Crippen LogP contribution is -2.40. The fraction of sp³-hybridized carbons (Fsp3) is 0.500. The predicted octanol–water partition coefficient (Wildman–Crippen LogP) is 3.87. The van der Waals surface area contributed by atoms with Gasteiger partial charge >= 0.3 is 0 Å². The highest BCUT2D eigenvalue weighted by Crippen LogP contribution is 2.23. The summed E-state index contributed by atoms with van der Waals surface area (Å²) < 4.78 is 14.4. The summed E-state index contributed by atoms with van der Waals surface area (Å²) in [6.45, 7) is 8.43. The van der Waals surface area contributed by atoms with Crippen LogP contribution >= 0.6 is 11.6 Å². The van der Waals surface area contributed by atoms with Gasteiger partial charge in [-0.3, -0.25) is 9.69 Å². The summed E-state index contributed by atoms with van der Waals surface area (Å²) in [5, 5.41) is 7.83. The smallest absolute Gasteiger partial charge is 0.288 e. The molecule has 0 atom stereocenters. The van der Waals surface area contributed by atoms with Gasteiger partial charge in [-0.25, -0.2) is 9.07 Å². The first-order valence-corrected chi connectivity index (χ1v) is 9.63. The number of halogens is 2. The van der Waals surface area contributed by atoms with Gasteiger partial charge < -0.3 is 5.32 Å². The average molecular weight is 393 g/mol. The van der Waals surface area contributed by atoms with Gasteiger partial charge in [-0.15, -0.1) is 0 Å². The van der Waals surface area contributed by atoms with Crippen molar-refractivity contribution in [2.75, 3.05) is 18.4 Å². The number of aromatic nitrogens is 2. The first-order chi connectivity index (χ1) is 12.7. The fourth-order valence-electron chi connectivity index (χ4n) is 3.31. The second-order valence-electron chi connectivity index (χ2n) is 8.08.